The molecule has 0 radical (unpaired) electrons. The van der Waals surface area contributed by atoms with Crippen LogP contribution in [0, 0.1) is 6.92 Å². The third-order valence-corrected chi connectivity index (χ3v) is 3.36. The third-order valence-electron chi connectivity index (χ3n) is 2.32. The van der Waals surface area contributed by atoms with Crippen LogP contribution in [-0.4, -0.2) is 16.6 Å². The van der Waals surface area contributed by atoms with E-state index in [9.17, 15) is 0 Å². The number of ether oxygens (including phenoxy) is 1. The number of thiophene rings is 1. The number of rotatable bonds is 4. The molecule has 2 aromatic rings. The van der Waals surface area contributed by atoms with E-state index in [1.807, 2.05) is 12.3 Å². The molecule has 0 aliphatic rings. The first-order valence-electron chi connectivity index (χ1n) is 5.46. The van der Waals surface area contributed by atoms with Crippen molar-refractivity contribution in [3.8, 4) is 10.6 Å². The van der Waals surface area contributed by atoms with Crippen molar-refractivity contribution in [2.75, 3.05) is 12.3 Å². The van der Waals surface area contributed by atoms with Gasteiger partial charge < -0.3 is 10.5 Å². The standard InChI is InChI=1S/C12H15N3OS/c1-3-16-7-11-14-9(6-10(13)15-11)12-8(2)4-5-17-12/h4-6H,3,7H2,1-2H3,(H2,13,14,15). The molecular weight excluding hydrogens is 234 g/mol. The molecule has 0 fully saturated rings. The lowest BCUT2D eigenvalue weighted by Crippen LogP contribution is -2.03. The van der Waals surface area contributed by atoms with Gasteiger partial charge in [-0.25, -0.2) is 9.97 Å². The van der Waals surface area contributed by atoms with E-state index in [1.165, 1.54) is 5.56 Å². The summed E-state index contributed by atoms with van der Waals surface area (Å²) in [6.45, 7) is 5.05. The van der Waals surface area contributed by atoms with Gasteiger partial charge in [-0.15, -0.1) is 11.3 Å². The lowest BCUT2D eigenvalue weighted by atomic mass is 10.2. The number of nitrogens with zero attached hydrogens (tertiary/aromatic N) is 2. The van der Waals surface area contributed by atoms with Crippen molar-refractivity contribution in [1.29, 1.82) is 0 Å². The number of nitrogen functional groups attached to an aromatic ring is 1. The molecule has 2 aromatic heterocycles. The summed E-state index contributed by atoms with van der Waals surface area (Å²) in [4.78, 5) is 9.76. The van der Waals surface area contributed by atoms with Crippen molar-refractivity contribution in [2.45, 2.75) is 20.5 Å². The molecule has 90 valence electrons. The average Bonchev–Trinajstić information content (AvgIpc) is 2.72. The van der Waals surface area contributed by atoms with Gasteiger partial charge in [-0.2, -0.15) is 0 Å². The topological polar surface area (TPSA) is 61.0 Å². The number of aryl methyl sites for hydroxylation is 1. The number of hydrogen-bond acceptors (Lipinski definition) is 5. The molecule has 2 N–H and O–H groups in total. The van der Waals surface area contributed by atoms with Crippen LogP contribution in [0.5, 0.6) is 0 Å². The molecule has 0 unspecified atom stereocenters. The van der Waals surface area contributed by atoms with E-state index in [4.69, 9.17) is 10.5 Å². The maximum Gasteiger partial charge on any atom is 0.157 e. The first-order valence-corrected chi connectivity index (χ1v) is 6.34. The summed E-state index contributed by atoms with van der Waals surface area (Å²) in [5, 5.41) is 2.05. The van der Waals surface area contributed by atoms with Gasteiger partial charge in [0.25, 0.3) is 0 Å². The van der Waals surface area contributed by atoms with Gasteiger partial charge in [-0.3, -0.25) is 0 Å². The summed E-state index contributed by atoms with van der Waals surface area (Å²) in [6.07, 6.45) is 0. The van der Waals surface area contributed by atoms with Crippen LogP contribution in [0.15, 0.2) is 17.5 Å². The molecule has 0 aliphatic carbocycles. The van der Waals surface area contributed by atoms with E-state index in [0.717, 1.165) is 10.6 Å². The highest BCUT2D eigenvalue weighted by Crippen LogP contribution is 2.28. The number of aromatic nitrogens is 2. The average molecular weight is 249 g/mol. The highest BCUT2D eigenvalue weighted by Gasteiger charge is 2.08. The van der Waals surface area contributed by atoms with E-state index < -0.39 is 0 Å². The fourth-order valence-electron chi connectivity index (χ4n) is 1.53. The Morgan fingerprint density at radius 2 is 2.24 bits per heavy atom. The van der Waals surface area contributed by atoms with Crippen molar-refractivity contribution in [3.63, 3.8) is 0 Å². The van der Waals surface area contributed by atoms with Gasteiger partial charge in [-0.1, -0.05) is 0 Å². The molecule has 17 heavy (non-hydrogen) atoms. The highest BCUT2D eigenvalue weighted by molar-refractivity contribution is 7.13. The van der Waals surface area contributed by atoms with Crippen LogP contribution in [0.1, 0.15) is 18.3 Å². The summed E-state index contributed by atoms with van der Waals surface area (Å²) in [5.41, 5.74) is 7.86. The zero-order valence-corrected chi connectivity index (χ0v) is 10.8. The molecule has 0 saturated carbocycles. The van der Waals surface area contributed by atoms with Crippen LogP contribution in [0.4, 0.5) is 5.82 Å². The quantitative estimate of drug-likeness (QED) is 0.904. The van der Waals surface area contributed by atoms with Crippen LogP contribution >= 0.6 is 11.3 Å². The van der Waals surface area contributed by atoms with Gasteiger partial charge in [0.15, 0.2) is 5.82 Å². The van der Waals surface area contributed by atoms with E-state index in [-0.39, 0.29) is 0 Å². The van der Waals surface area contributed by atoms with Crippen molar-refractivity contribution in [3.05, 3.63) is 28.9 Å². The van der Waals surface area contributed by atoms with Gasteiger partial charge in [0.2, 0.25) is 0 Å². The van der Waals surface area contributed by atoms with Crippen molar-refractivity contribution in [2.24, 2.45) is 0 Å². The number of nitrogens with two attached hydrogens (primary N) is 1. The monoisotopic (exact) mass is 249 g/mol. The molecule has 2 rings (SSSR count). The largest absolute Gasteiger partial charge is 0.384 e. The predicted molar refractivity (Wildman–Crippen MR) is 69.8 cm³/mol. The smallest absolute Gasteiger partial charge is 0.157 e. The molecule has 0 atom stereocenters. The molecule has 0 aliphatic heterocycles. The molecule has 0 bridgehead atoms. The van der Waals surface area contributed by atoms with Crippen LogP contribution in [0.3, 0.4) is 0 Å². The van der Waals surface area contributed by atoms with Crippen LogP contribution < -0.4 is 5.73 Å². The summed E-state index contributed by atoms with van der Waals surface area (Å²) in [7, 11) is 0. The maximum absolute atomic E-state index is 5.79. The van der Waals surface area contributed by atoms with Gasteiger partial charge in [0.05, 0.1) is 10.6 Å². The van der Waals surface area contributed by atoms with Gasteiger partial charge >= 0.3 is 0 Å². The minimum Gasteiger partial charge on any atom is -0.384 e. The van der Waals surface area contributed by atoms with Gasteiger partial charge in [-0.05, 0) is 30.9 Å². The molecule has 0 saturated heterocycles. The zero-order chi connectivity index (χ0) is 12.3. The van der Waals surface area contributed by atoms with E-state index in [0.29, 0.717) is 24.9 Å². The summed E-state index contributed by atoms with van der Waals surface area (Å²) in [5.74, 6) is 1.12. The summed E-state index contributed by atoms with van der Waals surface area (Å²) >= 11 is 1.66. The second kappa shape index (κ2) is 5.25. The molecule has 0 amide bonds. The Kier molecular flexibility index (Phi) is 3.71. The molecule has 5 heteroatoms. The van der Waals surface area contributed by atoms with Crippen LogP contribution in [0.2, 0.25) is 0 Å². The molecule has 2 heterocycles. The lowest BCUT2D eigenvalue weighted by Gasteiger charge is -2.05. The first-order chi connectivity index (χ1) is 8.20. The van der Waals surface area contributed by atoms with E-state index in [2.05, 4.69) is 23.0 Å². The minimum absolute atomic E-state index is 0.402. The Bertz CT molecular complexity index is 510. The van der Waals surface area contributed by atoms with E-state index >= 15 is 0 Å². The molecular formula is C12H15N3OS. The zero-order valence-electron chi connectivity index (χ0n) is 9.93. The Hall–Kier alpha value is -1.46. The second-order valence-electron chi connectivity index (χ2n) is 3.66. The van der Waals surface area contributed by atoms with Crippen molar-refractivity contribution < 1.29 is 4.74 Å². The van der Waals surface area contributed by atoms with Crippen molar-refractivity contribution in [1.82, 2.24) is 9.97 Å². The predicted octanol–water partition coefficient (Wildman–Crippen LogP) is 2.63. The van der Waals surface area contributed by atoms with Crippen molar-refractivity contribution >= 4 is 17.2 Å². The van der Waals surface area contributed by atoms with Gasteiger partial charge in [0, 0.05) is 12.7 Å². The third kappa shape index (κ3) is 2.81. The summed E-state index contributed by atoms with van der Waals surface area (Å²) < 4.78 is 5.30. The Balaban J connectivity index is 2.35. The minimum atomic E-state index is 0.402. The number of anilines is 1. The Labute approximate surface area is 104 Å². The molecule has 0 spiro atoms. The summed E-state index contributed by atoms with van der Waals surface area (Å²) in [6, 6.07) is 3.87. The lowest BCUT2D eigenvalue weighted by molar-refractivity contribution is 0.128. The fourth-order valence-corrected chi connectivity index (χ4v) is 2.41. The molecule has 4 nitrogen and oxygen atoms in total. The normalized spacial score (nSPS) is 10.7. The first kappa shape index (κ1) is 12.0. The number of hydrogen-bond donors (Lipinski definition) is 1. The van der Waals surface area contributed by atoms with Gasteiger partial charge in [0.1, 0.15) is 12.4 Å². The fraction of sp³-hybridized carbons (Fsp3) is 0.333. The van der Waals surface area contributed by atoms with Crippen LogP contribution in [-0.2, 0) is 11.3 Å². The van der Waals surface area contributed by atoms with E-state index in [1.54, 1.807) is 17.4 Å². The highest BCUT2D eigenvalue weighted by atomic mass is 32.1. The SMILES string of the molecule is CCOCc1nc(N)cc(-c2sccc2C)n1. The maximum atomic E-state index is 5.79. The van der Waals surface area contributed by atoms with Crippen LogP contribution in [0.25, 0.3) is 10.6 Å². The molecule has 0 aromatic carbocycles. The Morgan fingerprint density at radius 1 is 1.41 bits per heavy atom. The Morgan fingerprint density at radius 3 is 2.88 bits per heavy atom. The second-order valence-corrected chi connectivity index (χ2v) is 4.58.